The molecule has 2 rings (SSSR count). The van der Waals surface area contributed by atoms with E-state index in [0.717, 1.165) is 16.8 Å². The highest BCUT2D eigenvalue weighted by Gasteiger charge is 2.39. The molecule has 1 atom stereocenters. The van der Waals surface area contributed by atoms with Crippen molar-refractivity contribution < 1.29 is 4.79 Å². The number of amides is 1. The van der Waals surface area contributed by atoms with Gasteiger partial charge in [0.2, 0.25) is 5.91 Å². The van der Waals surface area contributed by atoms with Gasteiger partial charge in [-0.25, -0.2) is 0 Å². The predicted octanol–water partition coefficient (Wildman–Crippen LogP) is 2.46. The minimum absolute atomic E-state index is 0.0145. The molecule has 0 fully saturated rings. The molecule has 0 aromatic heterocycles. The fourth-order valence-electron chi connectivity index (χ4n) is 2.20. The number of rotatable bonds is 2. The molecule has 17 heavy (non-hydrogen) atoms. The second kappa shape index (κ2) is 4.00. The van der Waals surface area contributed by atoms with E-state index in [-0.39, 0.29) is 11.9 Å². The minimum Gasteiger partial charge on any atom is -0.328 e. The summed E-state index contributed by atoms with van der Waals surface area (Å²) in [5, 5.41) is 3.59. The second-order valence-electron chi connectivity index (χ2n) is 5.25. The summed E-state index contributed by atoms with van der Waals surface area (Å²) in [4.78, 5) is 11.9. The van der Waals surface area contributed by atoms with Gasteiger partial charge in [0.15, 0.2) is 0 Å². The van der Waals surface area contributed by atoms with Gasteiger partial charge in [-0.2, -0.15) is 0 Å². The van der Waals surface area contributed by atoms with Gasteiger partial charge in [0, 0.05) is 16.8 Å². The Hall–Kier alpha value is -1.06. The summed E-state index contributed by atoms with van der Waals surface area (Å²) in [5.41, 5.74) is 8.16. The van der Waals surface area contributed by atoms with E-state index in [1.165, 1.54) is 0 Å². The van der Waals surface area contributed by atoms with E-state index in [1.807, 2.05) is 32.9 Å². The number of fused-ring (bicyclic) bond motifs is 1. The largest absolute Gasteiger partial charge is 0.328 e. The highest BCUT2D eigenvalue weighted by atomic mass is 35.5. The van der Waals surface area contributed by atoms with Gasteiger partial charge in [0.1, 0.15) is 0 Å². The van der Waals surface area contributed by atoms with Gasteiger partial charge in [0.25, 0.3) is 0 Å². The molecule has 1 aromatic rings. The monoisotopic (exact) mass is 252 g/mol. The van der Waals surface area contributed by atoms with Crippen molar-refractivity contribution >= 4 is 23.2 Å². The molecule has 0 aliphatic carbocycles. The molecule has 3 N–H and O–H groups in total. The Morgan fingerprint density at radius 3 is 2.71 bits per heavy atom. The highest BCUT2D eigenvalue weighted by molar-refractivity contribution is 6.31. The maximum Gasteiger partial charge on any atom is 0.234 e. The summed E-state index contributed by atoms with van der Waals surface area (Å²) in [6, 6.07) is 3.78. The van der Waals surface area contributed by atoms with Crippen LogP contribution < -0.4 is 11.1 Å². The van der Waals surface area contributed by atoms with Crippen LogP contribution in [-0.4, -0.2) is 11.9 Å². The van der Waals surface area contributed by atoms with Gasteiger partial charge in [-0.1, -0.05) is 11.6 Å². The van der Waals surface area contributed by atoms with E-state index in [4.69, 9.17) is 17.3 Å². The molecule has 1 aliphatic heterocycles. The second-order valence-corrected chi connectivity index (χ2v) is 5.68. The third kappa shape index (κ3) is 2.05. The van der Waals surface area contributed by atoms with Crippen LogP contribution in [0.15, 0.2) is 12.1 Å². The first-order chi connectivity index (χ1) is 7.82. The average Bonchev–Trinajstić information content (AvgIpc) is 2.40. The summed E-state index contributed by atoms with van der Waals surface area (Å²) in [6.45, 7) is 5.75. The van der Waals surface area contributed by atoms with Crippen molar-refractivity contribution in [1.29, 1.82) is 0 Å². The smallest absolute Gasteiger partial charge is 0.234 e. The molecule has 1 amide bonds. The summed E-state index contributed by atoms with van der Waals surface area (Å²) >= 11 is 6.11. The molecule has 92 valence electrons. The van der Waals surface area contributed by atoms with Crippen LogP contribution in [0, 0.1) is 0 Å². The molecule has 1 heterocycles. The van der Waals surface area contributed by atoms with Gasteiger partial charge in [-0.05, 0) is 50.5 Å². The number of hydrogen-bond acceptors (Lipinski definition) is 2. The van der Waals surface area contributed by atoms with Crippen molar-refractivity contribution in [1.82, 2.24) is 0 Å². The quantitative estimate of drug-likeness (QED) is 0.850. The number of hydrogen-bond donors (Lipinski definition) is 2. The number of benzene rings is 1. The standard InChI is InChI=1S/C13H17ClN2O/c1-7(15)4-8-5-9(14)6-10-11(8)16-12(17)13(10,2)3/h5-7H,4,15H2,1-3H3,(H,16,17). The topological polar surface area (TPSA) is 55.1 Å². The molecule has 1 aromatic carbocycles. The first-order valence-corrected chi connectivity index (χ1v) is 6.10. The van der Waals surface area contributed by atoms with Crippen LogP contribution in [0.2, 0.25) is 5.02 Å². The van der Waals surface area contributed by atoms with Gasteiger partial charge in [-0.3, -0.25) is 4.79 Å². The van der Waals surface area contributed by atoms with E-state index in [9.17, 15) is 4.79 Å². The molecule has 0 saturated carbocycles. The lowest BCUT2D eigenvalue weighted by molar-refractivity contribution is -0.119. The normalized spacial score (nSPS) is 18.8. The average molecular weight is 253 g/mol. The molecule has 0 bridgehead atoms. The molecule has 0 spiro atoms. The molecule has 0 radical (unpaired) electrons. The SMILES string of the molecule is CC(N)Cc1cc(Cl)cc2c1NC(=O)C2(C)C. The van der Waals surface area contributed by atoms with Crippen LogP contribution >= 0.6 is 11.6 Å². The van der Waals surface area contributed by atoms with Crippen LogP contribution in [0.25, 0.3) is 0 Å². The number of nitrogens with two attached hydrogens (primary N) is 1. The molecule has 0 saturated heterocycles. The third-order valence-electron chi connectivity index (χ3n) is 3.21. The van der Waals surface area contributed by atoms with Crippen LogP contribution in [0.4, 0.5) is 5.69 Å². The summed E-state index contributed by atoms with van der Waals surface area (Å²) in [7, 11) is 0. The lowest BCUT2D eigenvalue weighted by atomic mass is 9.85. The molecular formula is C13H17ClN2O. The molecule has 1 unspecified atom stereocenters. The van der Waals surface area contributed by atoms with E-state index < -0.39 is 5.41 Å². The number of halogens is 1. The number of carbonyl (C=O) groups is 1. The Kier molecular flexibility index (Phi) is 2.92. The first-order valence-electron chi connectivity index (χ1n) is 5.72. The lowest BCUT2D eigenvalue weighted by Crippen LogP contribution is -2.26. The van der Waals surface area contributed by atoms with Crippen molar-refractivity contribution in [3.63, 3.8) is 0 Å². The Morgan fingerprint density at radius 1 is 1.47 bits per heavy atom. The van der Waals surface area contributed by atoms with Crippen molar-refractivity contribution in [2.45, 2.75) is 38.6 Å². The maximum absolute atomic E-state index is 11.9. The summed E-state index contributed by atoms with van der Waals surface area (Å²) in [6.07, 6.45) is 0.708. The molecule has 4 heteroatoms. The Labute approximate surface area is 106 Å². The molecular weight excluding hydrogens is 236 g/mol. The first kappa shape index (κ1) is 12.4. The van der Waals surface area contributed by atoms with E-state index in [2.05, 4.69) is 5.32 Å². The van der Waals surface area contributed by atoms with E-state index in [0.29, 0.717) is 11.4 Å². The fourth-order valence-corrected chi connectivity index (χ4v) is 2.44. The van der Waals surface area contributed by atoms with E-state index >= 15 is 0 Å². The lowest BCUT2D eigenvalue weighted by Gasteiger charge is -2.16. The van der Waals surface area contributed by atoms with Gasteiger partial charge in [0.05, 0.1) is 5.41 Å². The highest BCUT2D eigenvalue weighted by Crippen LogP contribution is 2.41. The summed E-state index contributed by atoms with van der Waals surface area (Å²) in [5.74, 6) is 0.0145. The third-order valence-corrected chi connectivity index (χ3v) is 3.42. The van der Waals surface area contributed by atoms with Crippen LogP contribution in [0.1, 0.15) is 31.9 Å². The zero-order valence-electron chi connectivity index (χ0n) is 10.3. The number of nitrogens with one attached hydrogen (secondary N) is 1. The predicted molar refractivity (Wildman–Crippen MR) is 70.5 cm³/mol. The van der Waals surface area contributed by atoms with E-state index in [1.54, 1.807) is 0 Å². The maximum atomic E-state index is 11.9. The van der Waals surface area contributed by atoms with Crippen LogP contribution in [0.3, 0.4) is 0 Å². The zero-order chi connectivity index (χ0) is 12.8. The van der Waals surface area contributed by atoms with Gasteiger partial charge in [-0.15, -0.1) is 0 Å². The number of carbonyl (C=O) groups excluding carboxylic acids is 1. The van der Waals surface area contributed by atoms with Crippen molar-refractivity contribution in [2.24, 2.45) is 5.73 Å². The fraction of sp³-hybridized carbons (Fsp3) is 0.462. The zero-order valence-corrected chi connectivity index (χ0v) is 11.1. The van der Waals surface area contributed by atoms with Crippen LogP contribution in [-0.2, 0) is 16.6 Å². The van der Waals surface area contributed by atoms with Crippen molar-refractivity contribution in [3.8, 4) is 0 Å². The Balaban J connectivity index is 2.56. The van der Waals surface area contributed by atoms with Crippen molar-refractivity contribution in [3.05, 3.63) is 28.3 Å². The van der Waals surface area contributed by atoms with Crippen molar-refractivity contribution in [2.75, 3.05) is 5.32 Å². The minimum atomic E-state index is -0.521. The number of anilines is 1. The Bertz CT molecular complexity index is 481. The molecule has 3 nitrogen and oxygen atoms in total. The van der Waals surface area contributed by atoms with Gasteiger partial charge < -0.3 is 11.1 Å². The molecule has 1 aliphatic rings. The van der Waals surface area contributed by atoms with Crippen LogP contribution in [0.5, 0.6) is 0 Å². The summed E-state index contributed by atoms with van der Waals surface area (Å²) < 4.78 is 0. The Morgan fingerprint density at radius 2 is 2.12 bits per heavy atom. The van der Waals surface area contributed by atoms with Gasteiger partial charge >= 0.3 is 0 Å².